The van der Waals surface area contributed by atoms with Gasteiger partial charge in [0.1, 0.15) is 17.3 Å². The Bertz CT molecular complexity index is 1100. The quantitative estimate of drug-likeness (QED) is 0.491. The van der Waals surface area contributed by atoms with Crippen LogP contribution in [0, 0.1) is 17.0 Å². The van der Waals surface area contributed by atoms with Crippen molar-refractivity contribution in [2.45, 2.75) is 12.8 Å². The van der Waals surface area contributed by atoms with Crippen molar-refractivity contribution in [2.75, 3.05) is 7.11 Å². The predicted octanol–water partition coefficient (Wildman–Crippen LogP) is 4.42. The molecule has 0 aliphatic rings. The first kappa shape index (κ1) is 19.9. The van der Waals surface area contributed by atoms with Gasteiger partial charge in [-0.15, -0.1) is 0 Å². The summed E-state index contributed by atoms with van der Waals surface area (Å²) in [6.45, 7) is 1.57. The van der Waals surface area contributed by atoms with Gasteiger partial charge >= 0.3 is 5.63 Å². The Morgan fingerprint density at radius 3 is 2.34 bits per heavy atom. The SMILES string of the molecule is COc1ccc(C=CC(c2ccc([N+](=O)[O-])cc2)c2c(O)cc(C)oc2=O)cc1. The lowest BCUT2D eigenvalue weighted by atomic mass is 9.90. The van der Waals surface area contributed by atoms with Crippen LogP contribution in [-0.2, 0) is 0 Å². The van der Waals surface area contributed by atoms with E-state index in [0.29, 0.717) is 11.3 Å². The van der Waals surface area contributed by atoms with Crippen molar-refractivity contribution in [1.29, 1.82) is 0 Å². The summed E-state index contributed by atoms with van der Waals surface area (Å²) in [5.74, 6) is 0.153. The number of aryl methyl sites for hydroxylation is 1. The maximum absolute atomic E-state index is 12.5. The normalized spacial score (nSPS) is 12.1. The van der Waals surface area contributed by atoms with Gasteiger partial charge in [-0.3, -0.25) is 10.1 Å². The molecule has 1 unspecified atom stereocenters. The molecule has 7 heteroatoms. The molecule has 1 aromatic heterocycles. The number of ether oxygens (including phenoxy) is 1. The van der Waals surface area contributed by atoms with Crippen LogP contribution >= 0.6 is 0 Å². The lowest BCUT2D eigenvalue weighted by Crippen LogP contribution is -2.13. The fourth-order valence-electron chi connectivity index (χ4n) is 2.99. The highest BCUT2D eigenvalue weighted by molar-refractivity contribution is 5.55. The fraction of sp³-hybridized carbons (Fsp3) is 0.136. The minimum Gasteiger partial charge on any atom is -0.507 e. The smallest absolute Gasteiger partial charge is 0.343 e. The van der Waals surface area contributed by atoms with E-state index in [1.807, 2.05) is 12.1 Å². The molecule has 7 nitrogen and oxygen atoms in total. The monoisotopic (exact) mass is 393 g/mol. The van der Waals surface area contributed by atoms with Gasteiger partial charge in [0, 0.05) is 24.1 Å². The first-order valence-electron chi connectivity index (χ1n) is 8.79. The van der Waals surface area contributed by atoms with E-state index in [9.17, 15) is 20.0 Å². The largest absolute Gasteiger partial charge is 0.507 e. The number of rotatable bonds is 6. The minimum atomic E-state index is -0.662. The van der Waals surface area contributed by atoms with Crippen LogP contribution in [0.4, 0.5) is 5.69 Å². The summed E-state index contributed by atoms with van der Waals surface area (Å²) in [6, 6.07) is 14.5. The van der Waals surface area contributed by atoms with E-state index in [-0.39, 0.29) is 22.8 Å². The van der Waals surface area contributed by atoms with Crippen molar-refractivity contribution >= 4 is 11.8 Å². The van der Waals surface area contributed by atoms with Crippen LogP contribution in [0.5, 0.6) is 11.5 Å². The van der Waals surface area contributed by atoms with Gasteiger partial charge in [-0.1, -0.05) is 36.4 Å². The van der Waals surface area contributed by atoms with Crippen molar-refractivity contribution in [3.63, 3.8) is 0 Å². The number of benzene rings is 2. The molecule has 2 aromatic carbocycles. The number of nitrogens with zero attached hydrogens (tertiary/aromatic N) is 1. The Hall–Kier alpha value is -3.87. The summed E-state index contributed by atoms with van der Waals surface area (Å²) in [6.07, 6.45) is 3.54. The summed E-state index contributed by atoms with van der Waals surface area (Å²) in [5.41, 5.74) is 0.798. The highest BCUT2D eigenvalue weighted by Crippen LogP contribution is 2.32. The van der Waals surface area contributed by atoms with Gasteiger partial charge in [-0.05, 0) is 30.2 Å². The second kappa shape index (κ2) is 8.43. The Kier molecular flexibility index (Phi) is 5.78. The average Bonchev–Trinajstić information content (AvgIpc) is 2.70. The summed E-state index contributed by atoms with van der Waals surface area (Å²) >= 11 is 0. The molecule has 0 fully saturated rings. The molecule has 0 radical (unpaired) electrons. The molecule has 0 saturated heterocycles. The molecule has 3 aromatic rings. The number of non-ortho nitro benzene ring substituents is 1. The minimum absolute atomic E-state index is 0.0632. The van der Waals surface area contributed by atoms with Crippen molar-refractivity contribution in [3.05, 3.63) is 104 Å². The molecule has 148 valence electrons. The molecular formula is C22H19NO6. The Labute approximate surface area is 166 Å². The van der Waals surface area contributed by atoms with E-state index in [4.69, 9.17) is 9.15 Å². The first-order valence-corrected chi connectivity index (χ1v) is 8.79. The van der Waals surface area contributed by atoms with Crippen molar-refractivity contribution in [1.82, 2.24) is 0 Å². The maximum atomic E-state index is 12.5. The standard InChI is InChI=1S/C22H19NO6/c1-14-13-20(24)21(22(25)29-14)19(16-6-8-17(9-7-16)23(26)27)12-5-15-3-10-18(28-2)11-4-15/h3-13,19,24H,1-2H3. The molecular weight excluding hydrogens is 374 g/mol. The van der Waals surface area contributed by atoms with Crippen LogP contribution in [0.3, 0.4) is 0 Å². The second-order valence-electron chi connectivity index (χ2n) is 6.40. The third-order valence-corrected chi connectivity index (χ3v) is 4.46. The van der Waals surface area contributed by atoms with Crippen LogP contribution in [0.1, 0.15) is 28.4 Å². The van der Waals surface area contributed by atoms with Crippen molar-refractivity contribution in [2.24, 2.45) is 0 Å². The van der Waals surface area contributed by atoms with Crippen molar-refractivity contribution < 1.29 is 19.2 Å². The molecule has 1 heterocycles. The molecule has 0 aliphatic carbocycles. The molecule has 0 bridgehead atoms. The van der Waals surface area contributed by atoms with Gasteiger partial charge in [0.25, 0.3) is 5.69 Å². The number of methoxy groups -OCH3 is 1. The number of hydrogen-bond acceptors (Lipinski definition) is 6. The summed E-state index contributed by atoms with van der Waals surface area (Å²) in [4.78, 5) is 22.9. The molecule has 1 N–H and O–H groups in total. The van der Waals surface area contributed by atoms with E-state index < -0.39 is 16.5 Å². The zero-order valence-electron chi connectivity index (χ0n) is 15.9. The number of nitro benzene ring substituents is 1. The topological polar surface area (TPSA) is 103 Å². The second-order valence-corrected chi connectivity index (χ2v) is 6.40. The number of allylic oxidation sites excluding steroid dienone is 1. The van der Waals surface area contributed by atoms with Gasteiger partial charge in [0.15, 0.2) is 0 Å². The van der Waals surface area contributed by atoms with Crippen LogP contribution in [0.15, 0.2) is 69.9 Å². The van der Waals surface area contributed by atoms with Gasteiger partial charge in [0.2, 0.25) is 0 Å². The molecule has 29 heavy (non-hydrogen) atoms. The zero-order valence-corrected chi connectivity index (χ0v) is 15.9. The first-order chi connectivity index (χ1) is 13.9. The summed E-state index contributed by atoms with van der Waals surface area (Å²) < 4.78 is 10.3. The van der Waals surface area contributed by atoms with Gasteiger partial charge < -0.3 is 14.3 Å². The molecule has 0 aliphatic heterocycles. The fourth-order valence-corrected chi connectivity index (χ4v) is 2.99. The molecule has 0 saturated carbocycles. The number of aromatic hydroxyl groups is 1. The van der Waals surface area contributed by atoms with Crippen LogP contribution in [-0.4, -0.2) is 17.1 Å². The third kappa shape index (κ3) is 4.52. The Balaban J connectivity index is 2.07. The average molecular weight is 393 g/mol. The molecule has 3 rings (SSSR count). The maximum Gasteiger partial charge on any atom is 0.343 e. The van der Waals surface area contributed by atoms with Gasteiger partial charge in [-0.2, -0.15) is 0 Å². The Morgan fingerprint density at radius 1 is 1.14 bits per heavy atom. The number of hydrogen-bond donors (Lipinski definition) is 1. The molecule has 1 atom stereocenters. The van der Waals surface area contributed by atoms with Crippen LogP contribution in [0.25, 0.3) is 6.08 Å². The van der Waals surface area contributed by atoms with Crippen molar-refractivity contribution in [3.8, 4) is 11.5 Å². The predicted molar refractivity (Wildman–Crippen MR) is 108 cm³/mol. The van der Waals surface area contributed by atoms with E-state index in [0.717, 1.165) is 5.56 Å². The molecule has 0 amide bonds. The van der Waals surface area contributed by atoms with Gasteiger partial charge in [-0.25, -0.2) is 4.79 Å². The van der Waals surface area contributed by atoms with E-state index >= 15 is 0 Å². The van der Waals surface area contributed by atoms with E-state index in [1.165, 1.54) is 18.2 Å². The van der Waals surface area contributed by atoms with Crippen LogP contribution in [0.2, 0.25) is 0 Å². The van der Waals surface area contributed by atoms with E-state index in [1.54, 1.807) is 50.5 Å². The summed E-state index contributed by atoms with van der Waals surface area (Å²) in [7, 11) is 1.58. The van der Waals surface area contributed by atoms with Crippen LogP contribution < -0.4 is 10.4 Å². The van der Waals surface area contributed by atoms with E-state index in [2.05, 4.69) is 0 Å². The number of nitro groups is 1. The lowest BCUT2D eigenvalue weighted by molar-refractivity contribution is -0.384. The highest BCUT2D eigenvalue weighted by Gasteiger charge is 2.21. The zero-order chi connectivity index (χ0) is 21.0. The highest BCUT2D eigenvalue weighted by atomic mass is 16.6. The van der Waals surface area contributed by atoms with Gasteiger partial charge in [0.05, 0.1) is 17.6 Å². The third-order valence-electron chi connectivity index (χ3n) is 4.46. The summed E-state index contributed by atoms with van der Waals surface area (Å²) in [5, 5.41) is 21.3. The Morgan fingerprint density at radius 2 is 1.79 bits per heavy atom. The lowest BCUT2D eigenvalue weighted by Gasteiger charge is -2.14. The molecule has 0 spiro atoms.